The molecule has 1 aromatic carbocycles. The van der Waals surface area contributed by atoms with Crippen LogP contribution in [-0.2, 0) is 0 Å². The van der Waals surface area contributed by atoms with Crippen LogP contribution in [0.3, 0.4) is 0 Å². The molecule has 1 saturated carbocycles. The summed E-state index contributed by atoms with van der Waals surface area (Å²) in [5.74, 6) is 0.539. The fourth-order valence-corrected chi connectivity index (χ4v) is 2.42. The van der Waals surface area contributed by atoms with Crippen molar-refractivity contribution >= 4 is 5.71 Å². The third kappa shape index (κ3) is 2.63. The van der Waals surface area contributed by atoms with E-state index in [0.29, 0.717) is 5.92 Å². The van der Waals surface area contributed by atoms with Gasteiger partial charge in [0.15, 0.2) is 0 Å². The second-order valence-corrected chi connectivity index (χ2v) is 4.65. The minimum Gasteiger partial charge on any atom is -0.303 e. The zero-order chi connectivity index (χ0) is 11.4. The first-order chi connectivity index (χ1) is 7.77. The predicted octanol–water partition coefficient (Wildman–Crippen LogP) is 3.26. The molecule has 0 aliphatic heterocycles. The van der Waals surface area contributed by atoms with Crippen LogP contribution in [0.1, 0.15) is 37.2 Å². The topological polar surface area (TPSA) is 15.6 Å². The van der Waals surface area contributed by atoms with E-state index < -0.39 is 0 Å². The van der Waals surface area contributed by atoms with Gasteiger partial charge in [-0.25, -0.2) is 0 Å². The van der Waals surface area contributed by atoms with E-state index in [9.17, 15) is 0 Å². The first kappa shape index (κ1) is 11.2. The average molecular weight is 216 g/mol. The van der Waals surface area contributed by atoms with E-state index in [4.69, 9.17) is 0 Å². The summed E-state index contributed by atoms with van der Waals surface area (Å²) < 4.78 is 0. The van der Waals surface area contributed by atoms with E-state index in [-0.39, 0.29) is 0 Å². The Morgan fingerprint density at radius 2 is 1.88 bits per heavy atom. The number of hydrogen-bond acceptors (Lipinski definition) is 2. The Kier molecular flexibility index (Phi) is 3.60. The van der Waals surface area contributed by atoms with Crippen molar-refractivity contribution in [1.82, 2.24) is 5.01 Å². The van der Waals surface area contributed by atoms with Crippen molar-refractivity contribution in [3.05, 3.63) is 35.9 Å². The van der Waals surface area contributed by atoms with Crippen LogP contribution in [0.25, 0.3) is 0 Å². The van der Waals surface area contributed by atoms with Gasteiger partial charge in [-0.2, -0.15) is 5.10 Å². The lowest BCUT2D eigenvalue weighted by Crippen LogP contribution is -2.20. The van der Waals surface area contributed by atoms with Crippen molar-refractivity contribution in [3.8, 4) is 0 Å². The highest BCUT2D eigenvalue weighted by Crippen LogP contribution is 2.30. The largest absolute Gasteiger partial charge is 0.303 e. The van der Waals surface area contributed by atoms with Crippen LogP contribution in [0.5, 0.6) is 0 Å². The van der Waals surface area contributed by atoms with Gasteiger partial charge in [-0.1, -0.05) is 36.8 Å². The molecule has 0 N–H and O–H groups in total. The minimum atomic E-state index is 0.539. The molecule has 0 amide bonds. The molecule has 2 rings (SSSR count). The molecule has 1 aromatic rings. The lowest BCUT2D eigenvalue weighted by molar-refractivity contribution is 0.427. The molecule has 0 radical (unpaired) electrons. The molecule has 0 bridgehead atoms. The van der Waals surface area contributed by atoms with Crippen LogP contribution in [0.15, 0.2) is 35.4 Å². The standard InChI is InChI=1S/C14H20N2/c1-16(2)15-14-11-7-6-10-13(14)12-8-4-3-5-9-12/h3-5,8-9,13H,6-7,10-11H2,1-2H3/b15-14-. The molecular weight excluding hydrogens is 196 g/mol. The van der Waals surface area contributed by atoms with Gasteiger partial charge >= 0.3 is 0 Å². The Morgan fingerprint density at radius 1 is 1.12 bits per heavy atom. The normalized spacial score (nSPS) is 23.4. The van der Waals surface area contributed by atoms with Crippen molar-refractivity contribution in [2.75, 3.05) is 14.1 Å². The molecule has 1 aliphatic rings. The molecule has 86 valence electrons. The summed E-state index contributed by atoms with van der Waals surface area (Å²) in [6.07, 6.45) is 5.01. The highest BCUT2D eigenvalue weighted by Gasteiger charge is 2.22. The fraction of sp³-hybridized carbons (Fsp3) is 0.500. The minimum absolute atomic E-state index is 0.539. The van der Waals surface area contributed by atoms with Crippen molar-refractivity contribution < 1.29 is 0 Å². The summed E-state index contributed by atoms with van der Waals surface area (Å²) >= 11 is 0. The highest BCUT2D eigenvalue weighted by atomic mass is 15.4. The monoisotopic (exact) mass is 216 g/mol. The summed E-state index contributed by atoms with van der Waals surface area (Å²) in [4.78, 5) is 0. The van der Waals surface area contributed by atoms with E-state index in [0.717, 1.165) is 6.42 Å². The van der Waals surface area contributed by atoms with Gasteiger partial charge in [0.25, 0.3) is 0 Å². The zero-order valence-corrected chi connectivity index (χ0v) is 10.2. The van der Waals surface area contributed by atoms with Gasteiger partial charge in [-0.05, 0) is 24.8 Å². The molecule has 2 heteroatoms. The lowest BCUT2D eigenvalue weighted by atomic mass is 9.82. The van der Waals surface area contributed by atoms with Gasteiger partial charge < -0.3 is 5.01 Å². The summed E-state index contributed by atoms with van der Waals surface area (Å²) in [5, 5.41) is 6.57. The number of hydrazone groups is 1. The molecule has 2 nitrogen and oxygen atoms in total. The van der Waals surface area contributed by atoms with Gasteiger partial charge in [-0.3, -0.25) is 0 Å². The van der Waals surface area contributed by atoms with Crippen LogP contribution in [0.2, 0.25) is 0 Å². The Bertz CT molecular complexity index is 354. The van der Waals surface area contributed by atoms with Gasteiger partial charge in [0.1, 0.15) is 0 Å². The van der Waals surface area contributed by atoms with E-state index in [1.807, 2.05) is 19.1 Å². The average Bonchev–Trinajstić information content (AvgIpc) is 2.30. The van der Waals surface area contributed by atoms with Crippen LogP contribution in [0.4, 0.5) is 0 Å². The quantitative estimate of drug-likeness (QED) is 0.693. The second kappa shape index (κ2) is 5.15. The first-order valence-corrected chi connectivity index (χ1v) is 6.07. The maximum atomic E-state index is 4.64. The predicted molar refractivity (Wildman–Crippen MR) is 68.8 cm³/mol. The molecule has 0 spiro atoms. The Hall–Kier alpha value is -1.31. The van der Waals surface area contributed by atoms with Crippen molar-refractivity contribution in [2.24, 2.45) is 5.10 Å². The molecule has 1 fully saturated rings. The second-order valence-electron chi connectivity index (χ2n) is 4.65. The molecular formula is C14H20N2. The van der Waals surface area contributed by atoms with E-state index in [2.05, 4.69) is 35.4 Å². The van der Waals surface area contributed by atoms with Crippen LogP contribution in [-0.4, -0.2) is 24.8 Å². The number of hydrogen-bond donors (Lipinski definition) is 0. The van der Waals surface area contributed by atoms with Gasteiger partial charge in [-0.15, -0.1) is 0 Å². The van der Waals surface area contributed by atoms with E-state index in [1.165, 1.54) is 30.5 Å². The molecule has 0 aromatic heterocycles. The van der Waals surface area contributed by atoms with Crippen molar-refractivity contribution in [2.45, 2.75) is 31.6 Å². The maximum absolute atomic E-state index is 4.64. The molecule has 1 atom stereocenters. The van der Waals surface area contributed by atoms with Gasteiger partial charge in [0, 0.05) is 25.7 Å². The summed E-state index contributed by atoms with van der Waals surface area (Å²) in [6.45, 7) is 0. The molecule has 16 heavy (non-hydrogen) atoms. The van der Waals surface area contributed by atoms with Crippen molar-refractivity contribution in [3.63, 3.8) is 0 Å². The van der Waals surface area contributed by atoms with Crippen LogP contribution < -0.4 is 0 Å². The number of nitrogens with zero attached hydrogens (tertiary/aromatic N) is 2. The molecule has 0 heterocycles. The third-order valence-electron chi connectivity index (χ3n) is 3.11. The van der Waals surface area contributed by atoms with Gasteiger partial charge in [0.05, 0.1) is 0 Å². The lowest BCUT2D eigenvalue weighted by Gasteiger charge is -2.25. The Labute approximate surface area is 98.0 Å². The zero-order valence-electron chi connectivity index (χ0n) is 10.2. The van der Waals surface area contributed by atoms with E-state index >= 15 is 0 Å². The first-order valence-electron chi connectivity index (χ1n) is 6.07. The van der Waals surface area contributed by atoms with Crippen molar-refractivity contribution in [1.29, 1.82) is 0 Å². The maximum Gasteiger partial charge on any atom is 0.0455 e. The summed E-state index contributed by atoms with van der Waals surface area (Å²) in [7, 11) is 4.01. The van der Waals surface area contributed by atoms with E-state index in [1.54, 1.807) is 0 Å². The Balaban J connectivity index is 2.23. The highest BCUT2D eigenvalue weighted by molar-refractivity contribution is 5.91. The molecule has 1 aliphatic carbocycles. The summed E-state index contributed by atoms with van der Waals surface area (Å²) in [5.41, 5.74) is 2.77. The van der Waals surface area contributed by atoms with Crippen LogP contribution in [0, 0.1) is 0 Å². The number of benzene rings is 1. The summed E-state index contributed by atoms with van der Waals surface area (Å²) in [6, 6.07) is 10.8. The SMILES string of the molecule is CN(C)/N=C1/CCCCC1c1ccccc1. The third-order valence-corrected chi connectivity index (χ3v) is 3.11. The fourth-order valence-electron chi connectivity index (χ4n) is 2.42. The van der Waals surface area contributed by atoms with Gasteiger partial charge in [0.2, 0.25) is 0 Å². The molecule has 1 unspecified atom stereocenters. The van der Waals surface area contributed by atoms with Crippen LogP contribution >= 0.6 is 0 Å². The molecule has 0 saturated heterocycles. The smallest absolute Gasteiger partial charge is 0.0455 e. The Morgan fingerprint density at radius 3 is 2.56 bits per heavy atom. The number of rotatable bonds is 2.